The molecular formula is C30H45N3O8. The number of methoxy groups -OCH3 is 2. The molecule has 0 N–H and O–H groups in total. The van der Waals surface area contributed by atoms with Gasteiger partial charge in [-0.05, 0) is 79.5 Å². The molecule has 2 aliphatic heterocycles. The molecule has 3 amide bonds. The Morgan fingerprint density at radius 2 is 1.78 bits per heavy atom. The highest BCUT2D eigenvalue weighted by molar-refractivity contribution is 6.04. The standard InChI is InChI=1S/C30H45N3O8/c1-19(2)33(22-11-12-24-23(16-22)32(13-10-14-38-8)27(36)30(6,7)40-24)25(34)20-15-21(26(35)39-9)18-31(17-20)28(37)41-29(3,4)5/h11-12,16,19-21H,10,13-15,17-18H2,1-9H3/t20-,21+/m1/s1. The van der Waals surface area contributed by atoms with E-state index in [1.807, 2.05) is 13.8 Å². The minimum absolute atomic E-state index is 0.105. The molecule has 0 unspecified atom stereocenters. The third-order valence-corrected chi connectivity index (χ3v) is 7.11. The molecule has 11 heteroatoms. The average molecular weight is 576 g/mol. The molecule has 0 radical (unpaired) electrons. The number of ether oxygens (including phenoxy) is 4. The number of rotatable bonds is 8. The Balaban J connectivity index is 1.96. The van der Waals surface area contributed by atoms with Crippen LogP contribution < -0.4 is 14.5 Å². The fourth-order valence-electron chi connectivity index (χ4n) is 5.26. The van der Waals surface area contributed by atoms with Crippen LogP contribution in [-0.2, 0) is 28.6 Å². The normalized spacial score (nSPS) is 20.3. The molecule has 0 aliphatic carbocycles. The summed E-state index contributed by atoms with van der Waals surface area (Å²) in [6, 6.07) is 5.10. The lowest BCUT2D eigenvalue weighted by molar-refractivity contribution is -0.148. The summed E-state index contributed by atoms with van der Waals surface area (Å²) < 4.78 is 21.8. The Bertz CT molecular complexity index is 1140. The first-order valence-corrected chi connectivity index (χ1v) is 14.1. The SMILES string of the molecule is COCCCN1C(=O)C(C)(C)Oc2ccc(N(C(=O)[C@@H]3C[C@H](C(=O)OC)CN(C(=O)OC(C)(C)C)C3)C(C)C)cc21. The summed E-state index contributed by atoms with van der Waals surface area (Å²) in [5.41, 5.74) is -0.607. The number of benzene rings is 1. The largest absolute Gasteiger partial charge is 0.476 e. The minimum Gasteiger partial charge on any atom is -0.476 e. The van der Waals surface area contributed by atoms with Crippen LogP contribution in [0.5, 0.6) is 5.75 Å². The van der Waals surface area contributed by atoms with E-state index in [1.54, 1.807) is 69.7 Å². The van der Waals surface area contributed by atoms with E-state index in [0.29, 0.717) is 36.7 Å². The van der Waals surface area contributed by atoms with E-state index >= 15 is 0 Å². The highest BCUT2D eigenvalue weighted by Gasteiger charge is 2.43. The summed E-state index contributed by atoms with van der Waals surface area (Å²) in [6.07, 6.45) is 0.281. The highest BCUT2D eigenvalue weighted by atomic mass is 16.6. The van der Waals surface area contributed by atoms with Gasteiger partial charge in [-0.1, -0.05) is 0 Å². The van der Waals surface area contributed by atoms with Gasteiger partial charge in [-0.3, -0.25) is 14.4 Å². The van der Waals surface area contributed by atoms with E-state index in [2.05, 4.69) is 0 Å². The maximum absolute atomic E-state index is 14.1. The summed E-state index contributed by atoms with van der Waals surface area (Å²) in [7, 11) is 2.91. The van der Waals surface area contributed by atoms with Gasteiger partial charge in [0.15, 0.2) is 5.60 Å². The zero-order valence-electron chi connectivity index (χ0n) is 25.8. The number of fused-ring (bicyclic) bond motifs is 1. The van der Waals surface area contributed by atoms with Crippen LogP contribution >= 0.6 is 0 Å². The van der Waals surface area contributed by atoms with E-state index in [4.69, 9.17) is 18.9 Å². The molecule has 1 aromatic carbocycles. The maximum Gasteiger partial charge on any atom is 0.410 e. The van der Waals surface area contributed by atoms with Gasteiger partial charge in [-0.25, -0.2) is 4.79 Å². The summed E-state index contributed by atoms with van der Waals surface area (Å²) in [6.45, 7) is 13.7. The maximum atomic E-state index is 14.1. The second kappa shape index (κ2) is 12.7. The third-order valence-electron chi connectivity index (χ3n) is 7.11. The monoisotopic (exact) mass is 575 g/mol. The van der Waals surface area contributed by atoms with Crippen molar-refractivity contribution in [2.75, 3.05) is 50.3 Å². The second-order valence-electron chi connectivity index (χ2n) is 12.4. The van der Waals surface area contributed by atoms with Crippen LogP contribution in [0.3, 0.4) is 0 Å². The quantitative estimate of drug-likeness (QED) is 0.337. The zero-order chi connectivity index (χ0) is 30.7. The van der Waals surface area contributed by atoms with Crippen molar-refractivity contribution in [2.24, 2.45) is 11.8 Å². The summed E-state index contributed by atoms with van der Waals surface area (Å²) in [5.74, 6) is -1.69. The molecule has 0 bridgehead atoms. The van der Waals surface area contributed by atoms with Gasteiger partial charge >= 0.3 is 12.1 Å². The zero-order valence-corrected chi connectivity index (χ0v) is 25.8. The fourth-order valence-corrected chi connectivity index (χ4v) is 5.26. The van der Waals surface area contributed by atoms with Crippen LogP contribution in [0, 0.1) is 11.8 Å². The lowest BCUT2D eigenvalue weighted by Gasteiger charge is -2.41. The summed E-state index contributed by atoms with van der Waals surface area (Å²) >= 11 is 0. The molecule has 0 spiro atoms. The number of nitrogens with zero attached hydrogens (tertiary/aromatic N) is 3. The summed E-state index contributed by atoms with van der Waals surface area (Å²) in [4.78, 5) is 57.7. The van der Waals surface area contributed by atoms with Gasteiger partial charge in [0.1, 0.15) is 11.4 Å². The first-order valence-electron chi connectivity index (χ1n) is 14.1. The Morgan fingerprint density at radius 1 is 1.12 bits per heavy atom. The number of esters is 1. The van der Waals surface area contributed by atoms with Gasteiger partial charge in [-0.2, -0.15) is 0 Å². The van der Waals surface area contributed by atoms with E-state index in [-0.39, 0.29) is 37.4 Å². The topological polar surface area (TPSA) is 115 Å². The Kier molecular flexibility index (Phi) is 9.94. The first kappa shape index (κ1) is 32.2. The lowest BCUT2D eigenvalue weighted by atomic mass is 9.88. The average Bonchev–Trinajstić information content (AvgIpc) is 2.89. The molecule has 1 aromatic rings. The van der Waals surface area contributed by atoms with E-state index in [1.165, 1.54) is 12.0 Å². The van der Waals surface area contributed by atoms with Gasteiger partial charge < -0.3 is 33.6 Å². The molecule has 41 heavy (non-hydrogen) atoms. The van der Waals surface area contributed by atoms with Crippen LogP contribution in [0.15, 0.2) is 18.2 Å². The fraction of sp³-hybridized carbons (Fsp3) is 0.667. The van der Waals surface area contributed by atoms with E-state index in [0.717, 1.165) is 0 Å². The predicted octanol–water partition coefficient (Wildman–Crippen LogP) is 4.01. The van der Waals surface area contributed by atoms with Crippen molar-refractivity contribution in [1.29, 1.82) is 0 Å². The van der Waals surface area contributed by atoms with Crippen LogP contribution in [-0.4, -0.2) is 86.5 Å². The number of hydrogen-bond donors (Lipinski definition) is 0. The van der Waals surface area contributed by atoms with Gasteiger partial charge in [0.2, 0.25) is 5.91 Å². The second-order valence-corrected chi connectivity index (χ2v) is 12.4. The highest BCUT2D eigenvalue weighted by Crippen LogP contribution is 2.41. The van der Waals surface area contributed by atoms with E-state index in [9.17, 15) is 19.2 Å². The number of piperidine rings is 1. The Hall–Kier alpha value is -3.34. The van der Waals surface area contributed by atoms with Crippen molar-refractivity contribution in [3.05, 3.63) is 18.2 Å². The van der Waals surface area contributed by atoms with Gasteiger partial charge in [0.25, 0.3) is 5.91 Å². The predicted molar refractivity (Wildman–Crippen MR) is 154 cm³/mol. The van der Waals surface area contributed by atoms with Crippen molar-refractivity contribution in [3.63, 3.8) is 0 Å². The van der Waals surface area contributed by atoms with Crippen molar-refractivity contribution in [1.82, 2.24) is 4.90 Å². The molecule has 228 valence electrons. The molecule has 2 aliphatic rings. The Labute approximate surface area is 243 Å². The van der Waals surface area contributed by atoms with Crippen molar-refractivity contribution >= 4 is 35.3 Å². The number of carbonyl (C=O) groups is 4. The van der Waals surface area contributed by atoms with Crippen LogP contribution in [0.4, 0.5) is 16.2 Å². The summed E-state index contributed by atoms with van der Waals surface area (Å²) in [5, 5.41) is 0. The molecule has 1 fully saturated rings. The van der Waals surface area contributed by atoms with Gasteiger partial charge in [0, 0.05) is 45.1 Å². The number of carbonyl (C=O) groups excluding carboxylic acids is 4. The molecule has 2 heterocycles. The lowest BCUT2D eigenvalue weighted by Crippen LogP contribution is -2.53. The molecule has 3 rings (SSSR count). The van der Waals surface area contributed by atoms with Crippen LogP contribution in [0.2, 0.25) is 0 Å². The number of anilines is 2. The van der Waals surface area contributed by atoms with Gasteiger partial charge in [-0.15, -0.1) is 0 Å². The van der Waals surface area contributed by atoms with Crippen molar-refractivity contribution in [3.8, 4) is 5.75 Å². The first-order chi connectivity index (χ1) is 19.1. The number of likely N-dealkylation sites (tertiary alicyclic amines) is 1. The molecule has 0 aromatic heterocycles. The smallest absolute Gasteiger partial charge is 0.410 e. The molecule has 1 saturated heterocycles. The van der Waals surface area contributed by atoms with Gasteiger partial charge in [0.05, 0.1) is 24.6 Å². The van der Waals surface area contributed by atoms with Crippen molar-refractivity contribution in [2.45, 2.75) is 78.6 Å². The Morgan fingerprint density at radius 3 is 2.37 bits per heavy atom. The molecule has 2 atom stereocenters. The number of hydrogen-bond acceptors (Lipinski definition) is 8. The van der Waals surface area contributed by atoms with Crippen molar-refractivity contribution < 1.29 is 38.1 Å². The molecule has 0 saturated carbocycles. The third kappa shape index (κ3) is 7.49. The molecule has 11 nitrogen and oxygen atoms in total. The van der Waals surface area contributed by atoms with E-state index < -0.39 is 35.1 Å². The number of amides is 3. The van der Waals surface area contributed by atoms with Crippen LogP contribution in [0.25, 0.3) is 0 Å². The minimum atomic E-state index is -1.04. The molecular weight excluding hydrogens is 530 g/mol. The van der Waals surface area contributed by atoms with Crippen LogP contribution in [0.1, 0.15) is 61.3 Å².